The van der Waals surface area contributed by atoms with Gasteiger partial charge in [0.15, 0.2) is 5.82 Å². The van der Waals surface area contributed by atoms with Crippen molar-refractivity contribution in [2.24, 2.45) is 10.4 Å². The number of aromatic amines is 1. The van der Waals surface area contributed by atoms with Gasteiger partial charge in [0.1, 0.15) is 11.5 Å². The van der Waals surface area contributed by atoms with Crippen LogP contribution in [0.15, 0.2) is 26.7 Å². The van der Waals surface area contributed by atoms with E-state index in [1.807, 2.05) is 41.5 Å². The van der Waals surface area contributed by atoms with Gasteiger partial charge in [-0.15, -0.1) is 0 Å². The molecule has 1 aromatic heterocycles. The SMILES string of the molecule is C.C=C1N=C(C(C)(C)C)C(=O)N1.CC(C)(C)c1noc(=O)[nH]1. The summed E-state index contributed by atoms with van der Waals surface area (Å²) >= 11 is 0. The molecule has 0 spiro atoms. The second-order valence-corrected chi connectivity index (χ2v) is 6.80. The van der Waals surface area contributed by atoms with E-state index in [1.54, 1.807) is 0 Å². The molecule has 2 heterocycles. The summed E-state index contributed by atoms with van der Waals surface area (Å²) < 4.78 is 4.33. The van der Waals surface area contributed by atoms with Gasteiger partial charge in [0.2, 0.25) is 0 Å². The third kappa shape index (κ3) is 5.31. The van der Waals surface area contributed by atoms with Gasteiger partial charge in [-0.05, 0) is 0 Å². The predicted molar refractivity (Wildman–Crippen MR) is 86.7 cm³/mol. The first-order valence-corrected chi connectivity index (χ1v) is 6.57. The monoisotopic (exact) mass is 310 g/mol. The number of amides is 1. The van der Waals surface area contributed by atoms with Crippen molar-refractivity contribution in [1.29, 1.82) is 0 Å². The van der Waals surface area contributed by atoms with Crippen LogP contribution in [0.5, 0.6) is 0 Å². The van der Waals surface area contributed by atoms with Crippen molar-refractivity contribution in [3.8, 4) is 0 Å². The molecule has 7 heteroatoms. The van der Waals surface area contributed by atoms with Crippen LogP contribution in [0, 0.1) is 5.41 Å². The molecule has 22 heavy (non-hydrogen) atoms. The zero-order valence-electron chi connectivity index (χ0n) is 13.3. The average molecular weight is 310 g/mol. The van der Waals surface area contributed by atoms with Crippen LogP contribution in [-0.4, -0.2) is 21.8 Å². The Morgan fingerprint density at radius 3 is 1.77 bits per heavy atom. The van der Waals surface area contributed by atoms with Gasteiger partial charge in [0.05, 0.1) is 0 Å². The molecule has 0 radical (unpaired) electrons. The number of H-pyrrole nitrogens is 1. The molecular formula is C15H26N4O3. The normalized spacial score (nSPS) is 14.5. The van der Waals surface area contributed by atoms with Crippen LogP contribution >= 0.6 is 0 Å². The maximum absolute atomic E-state index is 11.1. The van der Waals surface area contributed by atoms with E-state index in [-0.39, 0.29) is 24.2 Å². The predicted octanol–water partition coefficient (Wildman–Crippen LogP) is 2.37. The quantitative estimate of drug-likeness (QED) is 0.768. The molecule has 0 saturated heterocycles. The molecule has 0 aliphatic carbocycles. The molecule has 1 aliphatic heterocycles. The van der Waals surface area contributed by atoms with Gasteiger partial charge in [-0.3, -0.25) is 14.3 Å². The molecule has 1 aromatic rings. The van der Waals surface area contributed by atoms with E-state index in [0.29, 0.717) is 17.4 Å². The lowest BCUT2D eigenvalue weighted by atomic mass is 9.90. The molecule has 0 aromatic carbocycles. The first-order chi connectivity index (χ1) is 9.41. The lowest BCUT2D eigenvalue weighted by molar-refractivity contribution is -0.114. The second-order valence-electron chi connectivity index (χ2n) is 6.80. The Morgan fingerprint density at radius 2 is 1.59 bits per heavy atom. The third-order valence-corrected chi connectivity index (χ3v) is 2.58. The fourth-order valence-electron chi connectivity index (χ4n) is 1.47. The van der Waals surface area contributed by atoms with Crippen LogP contribution in [0.3, 0.4) is 0 Å². The summed E-state index contributed by atoms with van der Waals surface area (Å²) in [5.41, 5.74) is 0.220. The Morgan fingerprint density at radius 1 is 1.05 bits per heavy atom. The molecule has 0 atom stereocenters. The Bertz CT molecular complexity index is 624. The molecule has 0 saturated carbocycles. The molecule has 2 rings (SSSR count). The highest BCUT2D eigenvalue weighted by atomic mass is 16.5. The number of nitrogens with one attached hydrogen (secondary N) is 2. The molecule has 1 aliphatic rings. The number of carbonyl (C=O) groups is 1. The molecule has 0 fully saturated rings. The van der Waals surface area contributed by atoms with E-state index in [9.17, 15) is 9.59 Å². The van der Waals surface area contributed by atoms with Gasteiger partial charge in [0, 0.05) is 10.8 Å². The maximum atomic E-state index is 11.1. The Kier molecular flexibility index (Phi) is 6.05. The summed E-state index contributed by atoms with van der Waals surface area (Å²) in [7, 11) is 0. The molecular weight excluding hydrogens is 284 g/mol. The van der Waals surface area contributed by atoms with E-state index in [0.717, 1.165) is 0 Å². The summed E-state index contributed by atoms with van der Waals surface area (Å²) in [4.78, 5) is 28.1. The Labute approximate surface area is 130 Å². The highest BCUT2D eigenvalue weighted by Crippen LogP contribution is 2.20. The zero-order valence-corrected chi connectivity index (χ0v) is 13.3. The second kappa shape index (κ2) is 6.72. The molecule has 0 bridgehead atoms. The van der Waals surface area contributed by atoms with Crippen LogP contribution in [0.2, 0.25) is 0 Å². The maximum Gasteiger partial charge on any atom is 0.438 e. The zero-order chi connectivity index (χ0) is 16.4. The summed E-state index contributed by atoms with van der Waals surface area (Å²) in [6, 6.07) is 0. The highest BCUT2D eigenvalue weighted by Gasteiger charge is 2.30. The lowest BCUT2D eigenvalue weighted by Crippen LogP contribution is -2.31. The Balaban J connectivity index is 0.000000385. The molecule has 0 unspecified atom stereocenters. The fraction of sp³-hybridized carbons (Fsp3) is 0.600. The number of aromatic nitrogens is 2. The first-order valence-electron chi connectivity index (χ1n) is 6.57. The van der Waals surface area contributed by atoms with Crippen molar-refractivity contribution in [1.82, 2.24) is 15.5 Å². The van der Waals surface area contributed by atoms with Gasteiger partial charge < -0.3 is 5.32 Å². The van der Waals surface area contributed by atoms with Crippen LogP contribution < -0.4 is 11.1 Å². The van der Waals surface area contributed by atoms with Gasteiger partial charge in [-0.1, -0.05) is 60.7 Å². The van der Waals surface area contributed by atoms with E-state index in [4.69, 9.17) is 0 Å². The minimum absolute atomic E-state index is 0. The third-order valence-electron chi connectivity index (χ3n) is 2.58. The topological polar surface area (TPSA) is 100 Å². The Hall–Kier alpha value is -2.18. The molecule has 124 valence electrons. The minimum atomic E-state index is -0.495. The van der Waals surface area contributed by atoms with Gasteiger partial charge >= 0.3 is 5.76 Å². The van der Waals surface area contributed by atoms with Crippen molar-refractivity contribution in [2.45, 2.75) is 54.4 Å². The van der Waals surface area contributed by atoms with Crippen molar-refractivity contribution in [3.63, 3.8) is 0 Å². The summed E-state index contributed by atoms with van der Waals surface area (Å²) in [6.45, 7) is 15.2. The number of nitrogens with zero attached hydrogens (tertiary/aromatic N) is 2. The van der Waals surface area contributed by atoms with E-state index in [2.05, 4.69) is 31.6 Å². The van der Waals surface area contributed by atoms with Crippen LogP contribution in [0.4, 0.5) is 0 Å². The van der Waals surface area contributed by atoms with E-state index >= 15 is 0 Å². The highest BCUT2D eigenvalue weighted by molar-refractivity contribution is 6.42. The minimum Gasteiger partial charge on any atom is -0.306 e. The number of aliphatic imine (C=N–C) groups is 1. The molecule has 7 nitrogen and oxygen atoms in total. The smallest absolute Gasteiger partial charge is 0.306 e. The number of hydrogen-bond donors (Lipinski definition) is 2. The van der Waals surface area contributed by atoms with Gasteiger partial charge in [-0.25, -0.2) is 9.79 Å². The van der Waals surface area contributed by atoms with Crippen molar-refractivity contribution in [3.05, 3.63) is 28.8 Å². The summed E-state index contributed by atoms with van der Waals surface area (Å²) in [5, 5.41) is 6.08. The average Bonchev–Trinajstić information content (AvgIpc) is 2.84. The van der Waals surface area contributed by atoms with Crippen molar-refractivity contribution < 1.29 is 9.32 Å². The molecule has 2 N–H and O–H groups in total. The van der Waals surface area contributed by atoms with Crippen LogP contribution in [0.25, 0.3) is 0 Å². The first kappa shape index (κ1) is 19.8. The summed E-state index contributed by atoms with van der Waals surface area (Å²) in [6.07, 6.45) is 0. The van der Waals surface area contributed by atoms with E-state index in [1.165, 1.54) is 0 Å². The number of carbonyl (C=O) groups excluding carboxylic acids is 1. The number of rotatable bonds is 0. The number of hydrogen-bond acceptors (Lipinski definition) is 5. The van der Waals surface area contributed by atoms with E-state index < -0.39 is 5.76 Å². The summed E-state index contributed by atoms with van der Waals surface area (Å²) in [5.74, 6) is 0.407. The lowest BCUT2D eigenvalue weighted by Gasteiger charge is -2.15. The van der Waals surface area contributed by atoms with Crippen LogP contribution in [-0.2, 0) is 10.2 Å². The standard InChI is InChI=1S/C8H12N2O.C6H10N2O2.CH4/c1-5-9-6(7(11)10-5)8(2,3)4;1-6(2,3)4-7-5(9)10-8-4;/h1H2,2-4H3,(H,10,11);1-3H3,(H,7,8,9);1H4. The van der Waals surface area contributed by atoms with Crippen molar-refractivity contribution >= 4 is 11.6 Å². The fourth-order valence-corrected chi connectivity index (χ4v) is 1.47. The van der Waals surface area contributed by atoms with Gasteiger partial charge in [0.25, 0.3) is 5.91 Å². The van der Waals surface area contributed by atoms with Crippen LogP contribution in [0.1, 0.15) is 54.8 Å². The van der Waals surface area contributed by atoms with Crippen molar-refractivity contribution in [2.75, 3.05) is 0 Å². The van der Waals surface area contributed by atoms with Gasteiger partial charge in [-0.2, -0.15) is 0 Å². The molecule has 1 amide bonds. The largest absolute Gasteiger partial charge is 0.438 e.